The molecule has 0 aromatic heterocycles. The van der Waals surface area contributed by atoms with Crippen molar-refractivity contribution in [2.24, 2.45) is 5.73 Å². The van der Waals surface area contributed by atoms with Crippen LogP contribution in [0.15, 0.2) is 0 Å². The zero-order valence-corrected chi connectivity index (χ0v) is 22.8. The molecule has 24 heavy (non-hydrogen) atoms. The molecule has 0 atom stereocenters. The molecule has 0 aliphatic rings. The minimum Gasteiger partial charge on any atom is -0.344 e. The van der Waals surface area contributed by atoms with E-state index in [9.17, 15) is 0 Å². The molecule has 0 spiro atoms. The predicted octanol–water partition coefficient (Wildman–Crippen LogP) is 8.22. The van der Waals surface area contributed by atoms with Crippen LogP contribution in [-0.2, 0) is 0 Å². The largest absolute Gasteiger partial charge is 0.344 e. The minimum absolute atomic E-state index is 0. The van der Waals surface area contributed by atoms with E-state index >= 15 is 0 Å². The Kier molecular flexibility index (Phi) is 104. The molecule has 8 heteroatoms. The standard InChI is InChI=1S/C16H35N.4BrH.3H3N/c1-2-3-4-5-6-7-8-9-10-11-12-13-14-15-16-17;;;;;;;/h2-17H2,1H3;4*1H;3*1H3. The average Bonchev–Trinajstić information content (AvgIpc) is 2.35. The molecule has 0 aromatic carbocycles. The van der Waals surface area contributed by atoms with E-state index in [2.05, 4.69) is 6.92 Å². The molecule has 0 fully saturated rings. The highest BCUT2D eigenvalue weighted by Gasteiger charge is 1.93. The van der Waals surface area contributed by atoms with Gasteiger partial charge in [-0.3, -0.25) is 0 Å². The third kappa shape index (κ3) is 49.6. The highest BCUT2D eigenvalue weighted by molar-refractivity contribution is 8.93. The predicted molar refractivity (Wildman–Crippen MR) is 136 cm³/mol. The number of hydrogen-bond acceptors (Lipinski definition) is 4. The normalized spacial score (nSPS) is 7.75. The van der Waals surface area contributed by atoms with E-state index < -0.39 is 0 Å². The summed E-state index contributed by atoms with van der Waals surface area (Å²) < 4.78 is 0. The Morgan fingerprint density at radius 3 is 0.833 bits per heavy atom. The van der Waals surface area contributed by atoms with E-state index in [1.54, 1.807) is 0 Å². The Hall–Kier alpha value is 1.76. The molecule has 0 amide bonds. The first-order valence-electron chi connectivity index (χ1n) is 8.12. The van der Waals surface area contributed by atoms with Crippen molar-refractivity contribution >= 4 is 67.9 Å². The molecule has 4 nitrogen and oxygen atoms in total. The summed E-state index contributed by atoms with van der Waals surface area (Å²) >= 11 is 0. The first kappa shape index (κ1) is 50.1. The maximum atomic E-state index is 5.47. The van der Waals surface area contributed by atoms with Crippen LogP contribution in [0.25, 0.3) is 0 Å². The molecular weight excluding hydrogens is 568 g/mol. The summed E-state index contributed by atoms with van der Waals surface area (Å²) in [6, 6.07) is 0. The van der Waals surface area contributed by atoms with Gasteiger partial charge < -0.3 is 24.2 Å². The molecule has 11 N–H and O–H groups in total. The van der Waals surface area contributed by atoms with Crippen LogP contribution in [0.1, 0.15) is 96.8 Å². The van der Waals surface area contributed by atoms with Gasteiger partial charge in [0.05, 0.1) is 0 Å². The quantitative estimate of drug-likeness (QED) is 0.147. The minimum atomic E-state index is 0. The van der Waals surface area contributed by atoms with Crippen molar-refractivity contribution in [3.8, 4) is 0 Å². The molecule has 0 saturated heterocycles. The smallest absolute Gasteiger partial charge is 0.00773 e. The summed E-state index contributed by atoms with van der Waals surface area (Å²) in [7, 11) is 0. The summed E-state index contributed by atoms with van der Waals surface area (Å²) in [5, 5.41) is 0. The summed E-state index contributed by atoms with van der Waals surface area (Å²) in [4.78, 5) is 0. The Morgan fingerprint density at radius 2 is 0.625 bits per heavy atom. The average molecular weight is 616 g/mol. The second-order valence-electron chi connectivity index (χ2n) is 5.38. The van der Waals surface area contributed by atoms with Crippen molar-refractivity contribution in [2.45, 2.75) is 96.8 Å². The summed E-state index contributed by atoms with van der Waals surface area (Å²) in [6.07, 6.45) is 19.9. The highest BCUT2D eigenvalue weighted by atomic mass is 79.9. The SMILES string of the molecule is Br.Br.Br.Br.CCCCCCCCCCCCCCCCN.N.N.N. The van der Waals surface area contributed by atoms with Crippen molar-refractivity contribution in [3.63, 3.8) is 0 Å². The third-order valence-electron chi connectivity index (χ3n) is 3.56. The van der Waals surface area contributed by atoms with Crippen molar-refractivity contribution in [1.82, 2.24) is 18.5 Å². The topological polar surface area (TPSA) is 131 Å². The van der Waals surface area contributed by atoms with Gasteiger partial charge in [-0.2, -0.15) is 0 Å². The van der Waals surface area contributed by atoms with E-state index in [0.29, 0.717) is 0 Å². The molecular formula is C16H48Br4N4. The van der Waals surface area contributed by atoms with E-state index in [1.807, 2.05) is 0 Å². The van der Waals surface area contributed by atoms with E-state index in [4.69, 9.17) is 5.73 Å². The summed E-state index contributed by atoms with van der Waals surface area (Å²) in [5.41, 5.74) is 5.47. The van der Waals surface area contributed by atoms with Gasteiger partial charge in [0.1, 0.15) is 0 Å². The molecule has 160 valence electrons. The first-order valence-corrected chi connectivity index (χ1v) is 8.12. The lowest BCUT2D eigenvalue weighted by Crippen LogP contribution is -1.97. The Balaban J connectivity index is -0.0000000610. The van der Waals surface area contributed by atoms with Crippen LogP contribution in [0.2, 0.25) is 0 Å². The van der Waals surface area contributed by atoms with E-state index in [0.717, 1.165) is 6.54 Å². The first-order chi connectivity index (χ1) is 8.41. The maximum Gasteiger partial charge on any atom is -0.00773 e. The number of unbranched alkanes of at least 4 members (excludes halogenated alkanes) is 13. The number of rotatable bonds is 14. The fourth-order valence-corrected chi connectivity index (χ4v) is 2.34. The molecule has 0 aromatic rings. The van der Waals surface area contributed by atoms with Crippen LogP contribution in [0.4, 0.5) is 0 Å². The second-order valence-corrected chi connectivity index (χ2v) is 5.38. The lowest BCUT2D eigenvalue weighted by atomic mass is 10.0. The van der Waals surface area contributed by atoms with Crippen LogP contribution in [-0.4, -0.2) is 6.54 Å². The monoisotopic (exact) mass is 612 g/mol. The van der Waals surface area contributed by atoms with Crippen molar-refractivity contribution in [3.05, 3.63) is 0 Å². The lowest BCUT2D eigenvalue weighted by molar-refractivity contribution is 0.536. The van der Waals surface area contributed by atoms with Crippen molar-refractivity contribution < 1.29 is 0 Å². The zero-order chi connectivity index (χ0) is 12.6. The van der Waals surface area contributed by atoms with Crippen molar-refractivity contribution in [2.75, 3.05) is 6.54 Å². The van der Waals surface area contributed by atoms with Gasteiger partial charge >= 0.3 is 0 Å². The Bertz CT molecular complexity index is 133. The Morgan fingerprint density at radius 1 is 0.417 bits per heavy atom. The van der Waals surface area contributed by atoms with Gasteiger partial charge in [0.25, 0.3) is 0 Å². The molecule has 0 heterocycles. The molecule has 0 unspecified atom stereocenters. The van der Waals surface area contributed by atoms with Gasteiger partial charge in [0, 0.05) is 0 Å². The molecule has 0 aliphatic carbocycles. The molecule has 0 saturated carbocycles. The number of nitrogens with two attached hydrogens (primary N) is 1. The highest BCUT2D eigenvalue weighted by Crippen LogP contribution is 2.12. The molecule has 0 radical (unpaired) electrons. The fraction of sp³-hybridized carbons (Fsp3) is 1.00. The van der Waals surface area contributed by atoms with E-state index in [-0.39, 0.29) is 86.4 Å². The fourth-order valence-electron chi connectivity index (χ4n) is 2.34. The van der Waals surface area contributed by atoms with Gasteiger partial charge in [0.15, 0.2) is 0 Å². The summed E-state index contributed by atoms with van der Waals surface area (Å²) in [5.74, 6) is 0. The van der Waals surface area contributed by atoms with Crippen LogP contribution in [0.3, 0.4) is 0 Å². The number of halogens is 4. The maximum absolute atomic E-state index is 5.47. The Labute approximate surface area is 194 Å². The van der Waals surface area contributed by atoms with Crippen LogP contribution < -0.4 is 24.2 Å². The van der Waals surface area contributed by atoms with Crippen molar-refractivity contribution in [1.29, 1.82) is 0 Å². The van der Waals surface area contributed by atoms with Gasteiger partial charge in [0.2, 0.25) is 0 Å². The van der Waals surface area contributed by atoms with Gasteiger partial charge in [-0.05, 0) is 13.0 Å². The summed E-state index contributed by atoms with van der Waals surface area (Å²) in [6.45, 7) is 3.16. The van der Waals surface area contributed by atoms with Crippen LogP contribution in [0, 0.1) is 0 Å². The zero-order valence-electron chi connectivity index (χ0n) is 15.9. The number of hydrogen-bond donors (Lipinski definition) is 4. The molecule has 0 aliphatic heterocycles. The second kappa shape index (κ2) is 49.8. The van der Waals surface area contributed by atoms with Gasteiger partial charge in [-0.1, -0.05) is 90.4 Å². The van der Waals surface area contributed by atoms with E-state index in [1.165, 1.54) is 89.9 Å². The van der Waals surface area contributed by atoms with Crippen LogP contribution in [0.5, 0.6) is 0 Å². The van der Waals surface area contributed by atoms with Gasteiger partial charge in [-0.15, -0.1) is 67.9 Å². The van der Waals surface area contributed by atoms with Gasteiger partial charge in [-0.25, -0.2) is 0 Å². The van der Waals surface area contributed by atoms with Crippen LogP contribution >= 0.6 is 67.9 Å². The molecule has 0 rings (SSSR count). The lowest BCUT2D eigenvalue weighted by Gasteiger charge is -2.02. The third-order valence-corrected chi connectivity index (χ3v) is 3.56. The molecule has 0 bridgehead atoms.